The average Bonchev–Trinajstić information content (AvgIpc) is 3.59. The number of hydrogen-bond acceptors (Lipinski definition) is 6. The molecule has 1 saturated heterocycles. The van der Waals surface area contributed by atoms with Crippen molar-refractivity contribution >= 4 is 11.8 Å². The van der Waals surface area contributed by atoms with E-state index in [-0.39, 0.29) is 36.0 Å². The van der Waals surface area contributed by atoms with E-state index in [9.17, 15) is 9.59 Å². The molecule has 1 heterocycles. The molecule has 2 amide bonds. The normalized spacial score (nSPS) is 30.6. The van der Waals surface area contributed by atoms with Gasteiger partial charge in [-0.2, -0.15) is 0 Å². The highest BCUT2D eigenvalue weighted by Gasteiger charge is 2.49. The molecule has 3 rings (SSSR count). The summed E-state index contributed by atoms with van der Waals surface area (Å²) in [7, 11) is 1.94. The van der Waals surface area contributed by atoms with Crippen molar-refractivity contribution in [1.82, 2.24) is 20.4 Å². The van der Waals surface area contributed by atoms with Gasteiger partial charge in [-0.3, -0.25) is 9.59 Å². The summed E-state index contributed by atoms with van der Waals surface area (Å²) in [6.45, 7) is 7.61. The van der Waals surface area contributed by atoms with E-state index < -0.39 is 0 Å². The van der Waals surface area contributed by atoms with Crippen molar-refractivity contribution in [2.45, 2.75) is 76.5 Å². The SMILES string of the molecule is CNCCC(N)CNCC(CN)C1CCC2C(C1)N(C(=O)C1CC1)C[C@H](C)N2C(C)=O. The smallest absolute Gasteiger partial charge is 0.226 e. The summed E-state index contributed by atoms with van der Waals surface area (Å²) in [6, 6.07) is 0.488. The minimum Gasteiger partial charge on any atom is -0.335 e. The lowest BCUT2D eigenvalue weighted by molar-refractivity contribution is -0.155. The fraction of sp³-hybridized carbons (Fsp3) is 0.913. The number of carbonyl (C=O) groups excluding carboxylic acids is 2. The first-order valence-corrected chi connectivity index (χ1v) is 12.3. The van der Waals surface area contributed by atoms with Gasteiger partial charge < -0.3 is 31.9 Å². The molecule has 8 nitrogen and oxygen atoms in total. The summed E-state index contributed by atoms with van der Waals surface area (Å²) in [4.78, 5) is 29.7. The van der Waals surface area contributed by atoms with Crippen LogP contribution in [0.4, 0.5) is 0 Å². The highest BCUT2D eigenvalue weighted by molar-refractivity contribution is 5.82. The molecule has 0 spiro atoms. The average molecular weight is 437 g/mol. The maximum absolute atomic E-state index is 13.1. The number of nitrogens with zero attached hydrogens (tertiary/aromatic N) is 2. The van der Waals surface area contributed by atoms with Crippen molar-refractivity contribution in [3.8, 4) is 0 Å². The molecule has 2 aliphatic carbocycles. The molecule has 0 radical (unpaired) electrons. The molecule has 0 aromatic heterocycles. The number of hydrogen-bond donors (Lipinski definition) is 4. The summed E-state index contributed by atoms with van der Waals surface area (Å²) >= 11 is 0. The summed E-state index contributed by atoms with van der Waals surface area (Å²) in [5.74, 6) is 1.48. The number of nitrogens with two attached hydrogens (primary N) is 2. The van der Waals surface area contributed by atoms with Gasteiger partial charge in [-0.1, -0.05) is 0 Å². The minimum atomic E-state index is 0.0871. The maximum atomic E-state index is 13.1. The van der Waals surface area contributed by atoms with Crippen LogP contribution in [0.15, 0.2) is 0 Å². The van der Waals surface area contributed by atoms with Crippen LogP contribution in [0.1, 0.15) is 52.4 Å². The van der Waals surface area contributed by atoms with Crippen molar-refractivity contribution in [1.29, 1.82) is 0 Å². The van der Waals surface area contributed by atoms with E-state index in [1.165, 1.54) is 0 Å². The second-order valence-corrected chi connectivity index (χ2v) is 10.1. The van der Waals surface area contributed by atoms with Crippen LogP contribution in [0.2, 0.25) is 0 Å². The standard InChI is InChI=1S/C23H44N6O2/c1-15-14-28(23(31)17-4-5-17)22-10-18(6-7-21(22)29(15)16(2)30)19(11-24)12-27-13-20(25)8-9-26-3/h15,17-22,26-27H,4-14,24-25H2,1-3H3/t15-,18?,19?,20?,21?,22?/m0/s1. The lowest BCUT2D eigenvalue weighted by atomic mass is 9.73. The molecule has 3 aliphatic rings. The Bertz CT molecular complexity index is 613. The van der Waals surface area contributed by atoms with E-state index >= 15 is 0 Å². The largest absolute Gasteiger partial charge is 0.335 e. The fourth-order valence-corrected chi connectivity index (χ4v) is 5.78. The molecule has 0 aromatic rings. The molecule has 8 heteroatoms. The van der Waals surface area contributed by atoms with Crippen molar-refractivity contribution in [3.05, 3.63) is 0 Å². The van der Waals surface area contributed by atoms with Gasteiger partial charge >= 0.3 is 0 Å². The number of amides is 2. The molecule has 6 atom stereocenters. The van der Waals surface area contributed by atoms with Crippen LogP contribution in [0.25, 0.3) is 0 Å². The summed E-state index contributed by atoms with van der Waals surface area (Å²) in [5, 5.41) is 6.67. The second-order valence-electron chi connectivity index (χ2n) is 10.1. The zero-order valence-corrected chi connectivity index (χ0v) is 19.7. The molecule has 0 bridgehead atoms. The van der Waals surface area contributed by atoms with Gasteiger partial charge in [0.2, 0.25) is 11.8 Å². The van der Waals surface area contributed by atoms with Gasteiger partial charge in [0.15, 0.2) is 0 Å². The van der Waals surface area contributed by atoms with Gasteiger partial charge in [-0.25, -0.2) is 0 Å². The molecule has 0 aromatic carbocycles. The second kappa shape index (κ2) is 11.1. The lowest BCUT2D eigenvalue weighted by Crippen LogP contribution is -2.67. The molecule has 6 N–H and O–H groups in total. The van der Waals surface area contributed by atoms with E-state index in [2.05, 4.69) is 22.5 Å². The van der Waals surface area contributed by atoms with Gasteiger partial charge in [0.25, 0.3) is 0 Å². The third kappa shape index (κ3) is 5.97. The molecule has 2 saturated carbocycles. The number of rotatable bonds is 10. The topological polar surface area (TPSA) is 117 Å². The van der Waals surface area contributed by atoms with Gasteiger partial charge in [-0.05, 0) is 84.0 Å². The molecule has 1 aliphatic heterocycles. The number of piperazine rings is 1. The van der Waals surface area contributed by atoms with Crippen LogP contribution in [-0.2, 0) is 9.59 Å². The fourth-order valence-electron chi connectivity index (χ4n) is 5.78. The highest BCUT2D eigenvalue weighted by Crippen LogP contribution is 2.41. The molecule has 178 valence electrons. The molecule has 5 unspecified atom stereocenters. The third-order valence-corrected chi connectivity index (χ3v) is 7.64. The Hall–Kier alpha value is -1.22. The predicted molar refractivity (Wildman–Crippen MR) is 123 cm³/mol. The summed E-state index contributed by atoms with van der Waals surface area (Å²) < 4.78 is 0. The van der Waals surface area contributed by atoms with Gasteiger partial charge in [-0.15, -0.1) is 0 Å². The first-order chi connectivity index (χ1) is 14.9. The van der Waals surface area contributed by atoms with Crippen molar-refractivity contribution < 1.29 is 9.59 Å². The zero-order valence-electron chi connectivity index (χ0n) is 19.7. The predicted octanol–water partition coefficient (Wildman–Crippen LogP) is 0.114. The molecular weight excluding hydrogens is 392 g/mol. The van der Waals surface area contributed by atoms with E-state index in [4.69, 9.17) is 11.5 Å². The van der Waals surface area contributed by atoms with Gasteiger partial charge in [0, 0.05) is 38.0 Å². The van der Waals surface area contributed by atoms with Crippen LogP contribution in [0, 0.1) is 17.8 Å². The highest BCUT2D eigenvalue weighted by atomic mass is 16.2. The van der Waals surface area contributed by atoms with Crippen LogP contribution in [0.3, 0.4) is 0 Å². The summed E-state index contributed by atoms with van der Waals surface area (Å²) in [6.07, 6.45) is 5.93. The Balaban J connectivity index is 1.63. The van der Waals surface area contributed by atoms with Crippen LogP contribution in [0.5, 0.6) is 0 Å². The van der Waals surface area contributed by atoms with Gasteiger partial charge in [0.05, 0.1) is 12.1 Å². The summed E-state index contributed by atoms with van der Waals surface area (Å²) in [5.41, 5.74) is 12.4. The van der Waals surface area contributed by atoms with Crippen molar-refractivity contribution in [3.63, 3.8) is 0 Å². The Morgan fingerprint density at radius 1 is 1.13 bits per heavy atom. The lowest BCUT2D eigenvalue weighted by Gasteiger charge is -2.54. The number of fused-ring (bicyclic) bond motifs is 1. The molecular formula is C23H44N6O2. The van der Waals surface area contributed by atoms with Crippen LogP contribution < -0.4 is 22.1 Å². The van der Waals surface area contributed by atoms with E-state index in [0.717, 1.165) is 58.2 Å². The van der Waals surface area contributed by atoms with E-state index in [0.29, 0.717) is 30.8 Å². The monoisotopic (exact) mass is 436 g/mol. The van der Waals surface area contributed by atoms with Crippen molar-refractivity contribution in [2.75, 3.05) is 39.8 Å². The first-order valence-electron chi connectivity index (χ1n) is 12.3. The Morgan fingerprint density at radius 2 is 1.87 bits per heavy atom. The maximum Gasteiger partial charge on any atom is 0.226 e. The third-order valence-electron chi connectivity index (χ3n) is 7.64. The van der Waals surface area contributed by atoms with Crippen LogP contribution >= 0.6 is 0 Å². The number of nitrogens with one attached hydrogen (secondary N) is 2. The molecule has 31 heavy (non-hydrogen) atoms. The molecule has 3 fully saturated rings. The van der Waals surface area contributed by atoms with Crippen molar-refractivity contribution in [2.24, 2.45) is 29.2 Å². The Labute approximate surface area is 187 Å². The minimum absolute atomic E-state index is 0.0871. The Kier molecular flexibility index (Phi) is 8.73. The Morgan fingerprint density at radius 3 is 2.48 bits per heavy atom. The quantitative estimate of drug-likeness (QED) is 0.386. The van der Waals surface area contributed by atoms with Crippen LogP contribution in [-0.4, -0.2) is 85.6 Å². The van der Waals surface area contributed by atoms with Gasteiger partial charge in [0.1, 0.15) is 0 Å². The zero-order chi connectivity index (χ0) is 22.5. The number of carbonyl (C=O) groups is 2. The first kappa shape index (κ1) is 24.4. The van der Waals surface area contributed by atoms with E-state index in [1.807, 2.05) is 11.9 Å². The van der Waals surface area contributed by atoms with E-state index in [1.54, 1.807) is 6.92 Å².